The average molecular weight is 185 g/mol. The average Bonchev–Trinajstić information content (AvgIpc) is 2.17. The van der Waals surface area contributed by atoms with Crippen molar-refractivity contribution in [3.8, 4) is 0 Å². The summed E-state index contributed by atoms with van der Waals surface area (Å²) in [6.07, 6.45) is 1.55. The molecule has 3 heteroatoms. The van der Waals surface area contributed by atoms with Crippen LogP contribution in [0.2, 0.25) is 0 Å². The van der Waals surface area contributed by atoms with E-state index < -0.39 is 0 Å². The molecule has 1 aromatic carbocycles. The number of nitrogens with zero attached hydrogens (tertiary/aromatic N) is 2. The molecule has 3 nitrogen and oxygen atoms in total. The fourth-order valence-electron chi connectivity index (χ4n) is 1.48. The van der Waals surface area contributed by atoms with Crippen LogP contribution in [0.15, 0.2) is 31.1 Å². The topological polar surface area (TPSA) is 51.8 Å². The molecule has 2 rings (SSSR count). The highest BCUT2D eigenvalue weighted by Gasteiger charge is 2.04. The first-order chi connectivity index (χ1) is 6.70. The highest BCUT2D eigenvalue weighted by atomic mass is 14.8. The van der Waals surface area contributed by atoms with Crippen LogP contribution < -0.4 is 5.73 Å². The van der Waals surface area contributed by atoms with E-state index in [1.807, 2.05) is 25.1 Å². The standard InChI is InChI=1S/C11H11N3/c1-7(12)9-4-3-5-10-8(2)13-6-14-11(9)10/h3-6H,1,12H2,2H3. The lowest BCUT2D eigenvalue weighted by Gasteiger charge is -2.05. The monoisotopic (exact) mass is 185 g/mol. The summed E-state index contributed by atoms with van der Waals surface area (Å²) >= 11 is 0. The normalized spacial score (nSPS) is 10.4. The molecule has 0 spiro atoms. The van der Waals surface area contributed by atoms with Crippen LogP contribution in [0.4, 0.5) is 0 Å². The molecular formula is C11H11N3. The Hall–Kier alpha value is -1.90. The Labute approximate surface area is 82.3 Å². The summed E-state index contributed by atoms with van der Waals surface area (Å²) in [6, 6.07) is 5.83. The van der Waals surface area contributed by atoms with Crippen molar-refractivity contribution in [2.75, 3.05) is 0 Å². The molecule has 0 aliphatic heterocycles. The fourth-order valence-corrected chi connectivity index (χ4v) is 1.48. The number of para-hydroxylation sites is 1. The maximum absolute atomic E-state index is 5.68. The van der Waals surface area contributed by atoms with Crippen LogP contribution in [0.1, 0.15) is 11.3 Å². The third-order valence-electron chi connectivity index (χ3n) is 2.21. The zero-order valence-corrected chi connectivity index (χ0v) is 7.99. The lowest BCUT2D eigenvalue weighted by atomic mass is 10.1. The number of hydrogen-bond donors (Lipinski definition) is 1. The zero-order chi connectivity index (χ0) is 10.1. The van der Waals surface area contributed by atoms with E-state index in [2.05, 4.69) is 16.5 Å². The molecule has 1 aromatic heterocycles. The minimum atomic E-state index is 0.536. The second-order valence-electron chi connectivity index (χ2n) is 3.19. The molecular weight excluding hydrogens is 174 g/mol. The summed E-state index contributed by atoms with van der Waals surface area (Å²) in [5, 5.41) is 1.02. The fraction of sp³-hybridized carbons (Fsp3) is 0.0909. The van der Waals surface area contributed by atoms with Gasteiger partial charge in [0.1, 0.15) is 6.33 Å². The lowest BCUT2D eigenvalue weighted by Crippen LogP contribution is -1.97. The molecule has 0 bridgehead atoms. The maximum Gasteiger partial charge on any atom is 0.116 e. The van der Waals surface area contributed by atoms with Crippen LogP contribution in [0, 0.1) is 6.92 Å². The van der Waals surface area contributed by atoms with Crippen molar-refractivity contribution in [1.82, 2.24) is 9.97 Å². The predicted molar refractivity (Wildman–Crippen MR) is 57.5 cm³/mol. The third-order valence-corrected chi connectivity index (χ3v) is 2.21. The van der Waals surface area contributed by atoms with Crippen molar-refractivity contribution in [3.05, 3.63) is 42.4 Å². The van der Waals surface area contributed by atoms with E-state index in [1.165, 1.54) is 0 Å². The smallest absolute Gasteiger partial charge is 0.116 e. The number of fused-ring (bicyclic) bond motifs is 1. The molecule has 0 atom stereocenters. The van der Waals surface area contributed by atoms with Crippen LogP contribution >= 0.6 is 0 Å². The number of hydrogen-bond acceptors (Lipinski definition) is 3. The maximum atomic E-state index is 5.68. The van der Waals surface area contributed by atoms with E-state index in [0.29, 0.717) is 5.70 Å². The van der Waals surface area contributed by atoms with Crippen LogP contribution in [0.25, 0.3) is 16.6 Å². The first-order valence-electron chi connectivity index (χ1n) is 4.35. The number of benzene rings is 1. The first-order valence-corrected chi connectivity index (χ1v) is 4.35. The molecule has 0 unspecified atom stereocenters. The van der Waals surface area contributed by atoms with Gasteiger partial charge in [0.2, 0.25) is 0 Å². The molecule has 0 amide bonds. The van der Waals surface area contributed by atoms with Gasteiger partial charge in [-0.25, -0.2) is 9.97 Å². The van der Waals surface area contributed by atoms with Crippen LogP contribution in [0.3, 0.4) is 0 Å². The molecule has 2 N–H and O–H groups in total. The largest absolute Gasteiger partial charge is 0.399 e. The Bertz CT molecular complexity index is 503. The molecule has 2 aromatic rings. The Morgan fingerprint density at radius 3 is 2.86 bits per heavy atom. The van der Waals surface area contributed by atoms with Crippen molar-refractivity contribution in [2.45, 2.75) is 6.92 Å². The van der Waals surface area contributed by atoms with Gasteiger partial charge in [-0.05, 0) is 6.92 Å². The van der Waals surface area contributed by atoms with Crippen molar-refractivity contribution >= 4 is 16.6 Å². The van der Waals surface area contributed by atoms with E-state index in [9.17, 15) is 0 Å². The molecule has 0 fully saturated rings. The van der Waals surface area contributed by atoms with Crippen LogP contribution in [-0.4, -0.2) is 9.97 Å². The van der Waals surface area contributed by atoms with E-state index in [4.69, 9.17) is 5.73 Å². The zero-order valence-electron chi connectivity index (χ0n) is 7.99. The number of aryl methyl sites for hydroxylation is 1. The molecule has 0 aliphatic carbocycles. The summed E-state index contributed by atoms with van der Waals surface area (Å²) in [5.74, 6) is 0. The van der Waals surface area contributed by atoms with Gasteiger partial charge in [0.15, 0.2) is 0 Å². The van der Waals surface area contributed by atoms with E-state index in [1.54, 1.807) is 6.33 Å². The van der Waals surface area contributed by atoms with Gasteiger partial charge in [-0.3, -0.25) is 0 Å². The van der Waals surface area contributed by atoms with Crippen LogP contribution in [0.5, 0.6) is 0 Å². The Morgan fingerprint density at radius 2 is 2.14 bits per heavy atom. The molecule has 14 heavy (non-hydrogen) atoms. The molecule has 0 saturated carbocycles. The van der Waals surface area contributed by atoms with Gasteiger partial charge < -0.3 is 5.73 Å². The van der Waals surface area contributed by atoms with Crippen molar-refractivity contribution in [2.24, 2.45) is 5.73 Å². The van der Waals surface area contributed by atoms with Gasteiger partial charge in [-0.1, -0.05) is 24.8 Å². The van der Waals surface area contributed by atoms with Gasteiger partial charge in [0.25, 0.3) is 0 Å². The molecule has 0 radical (unpaired) electrons. The molecule has 70 valence electrons. The Kier molecular flexibility index (Phi) is 1.93. The first kappa shape index (κ1) is 8.69. The minimum absolute atomic E-state index is 0.536. The van der Waals surface area contributed by atoms with Crippen LogP contribution in [-0.2, 0) is 0 Å². The van der Waals surface area contributed by atoms with E-state index >= 15 is 0 Å². The molecule has 0 aliphatic rings. The number of aromatic nitrogens is 2. The van der Waals surface area contributed by atoms with E-state index in [-0.39, 0.29) is 0 Å². The highest BCUT2D eigenvalue weighted by molar-refractivity contribution is 5.90. The van der Waals surface area contributed by atoms with Gasteiger partial charge in [-0.15, -0.1) is 0 Å². The summed E-state index contributed by atoms with van der Waals surface area (Å²) < 4.78 is 0. The summed E-state index contributed by atoms with van der Waals surface area (Å²) in [4.78, 5) is 8.34. The second-order valence-corrected chi connectivity index (χ2v) is 3.19. The van der Waals surface area contributed by atoms with E-state index in [0.717, 1.165) is 22.2 Å². The quantitative estimate of drug-likeness (QED) is 0.737. The van der Waals surface area contributed by atoms with Gasteiger partial charge in [0, 0.05) is 22.3 Å². The number of rotatable bonds is 1. The second kappa shape index (κ2) is 3.10. The SMILES string of the molecule is C=C(N)c1cccc2c(C)ncnc12. The predicted octanol–water partition coefficient (Wildman–Crippen LogP) is 1.87. The minimum Gasteiger partial charge on any atom is -0.399 e. The Balaban J connectivity index is 2.88. The van der Waals surface area contributed by atoms with Crippen molar-refractivity contribution < 1.29 is 0 Å². The summed E-state index contributed by atoms with van der Waals surface area (Å²) in [6.45, 7) is 5.67. The third kappa shape index (κ3) is 1.23. The highest BCUT2D eigenvalue weighted by Crippen LogP contribution is 2.20. The molecule has 1 heterocycles. The summed E-state index contributed by atoms with van der Waals surface area (Å²) in [7, 11) is 0. The van der Waals surface area contributed by atoms with Gasteiger partial charge in [-0.2, -0.15) is 0 Å². The van der Waals surface area contributed by atoms with Gasteiger partial charge >= 0.3 is 0 Å². The molecule has 0 saturated heterocycles. The Morgan fingerprint density at radius 1 is 1.36 bits per heavy atom. The van der Waals surface area contributed by atoms with Gasteiger partial charge in [0.05, 0.1) is 5.52 Å². The summed E-state index contributed by atoms with van der Waals surface area (Å²) in [5.41, 5.74) is 8.92. The van der Waals surface area contributed by atoms with Crippen molar-refractivity contribution in [1.29, 1.82) is 0 Å². The lowest BCUT2D eigenvalue weighted by molar-refractivity contribution is 1.15. The number of nitrogens with two attached hydrogens (primary N) is 1. The van der Waals surface area contributed by atoms with Crippen molar-refractivity contribution in [3.63, 3.8) is 0 Å².